The fourth-order valence-electron chi connectivity index (χ4n) is 3.12. The van der Waals surface area contributed by atoms with Crippen LogP contribution in [0.4, 0.5) is 5.69 Å². The fraction of sp³-hybridized carbons (Fsp3) is 0.222. The molecule has 0 aliphatic carbocycles. The first kappa shape index (κ1) is 18.0. The number of rotatable bonds is 4. The number of aryl methyl sites for hydroxylation is 2. The SMILES string of the molecule is Cc1cc(C)cc(-c2[nH]c3ccc([N+](=O)[O-])cc3c2CCN)c1.Cl. The molecular weight excluding hydrogens is 326 g/mol. The van der Waals surface area contributed by atoms with Gasteiger partial charge in [-0.05, 0) is 56.1 Å². The Morgan fingerprint density at radius 1 is 1.12 bits per heavy atom. The predicted molar refractivity (Wildman–Crippen MR) is 99.9 cm³/mol. The Morgan fingerprint density at radius 3 is 2.38 bits per heavy atom. The Labute approximate surface area is 146 Å². The van der Waals surface area contributed by atoms with Gasteiger partial charge in [0.15, 0.2) is 0 Å². The zero-order valence-corrected chi connectivity index (χ0v) is 14.4. The third kappa shape index (κ3) is 3.27. The lowest BCUT2D eigenvalue weighted by molar-refractivity contribution is -0.384. The van der Waals surface area contributed by atoms with E-state index in [2.05, 4.69) is 37.0 Å². The quantitative estimate of drug-likeness (QED) is 0.546. The summed E-state index contributed by atoms with van der Waals surface area (Å²) in [4.78, 5) is 14.1. The molecule has 126 valence electrons. The van der Waals surface area contributed by atoms with Crippen LogP contribution in [0.1, 0.15) is 16.7 Å². The average Bonchev–Trinajstić information content (AvgIpc) is 2.85. The van der Waals surface area contributed by atoms with Crippen LogP contribution in [0.25, 0.3) is 22.2 Å². The Kier molecular flexibility index (Phi) is 5.26. The zero-order chi connectivity index (χ0) is 16.6. The van der Waals surface area contributed by atoms with Crippen molar-refractivity contribution in [3.8, 4) is 11.3 Å². The summed E-state index contributed by atoms with van der Waals surface area (Å²) in [6.45, 7) is 4.62. The van der Waals surface area contributed by atoms with Crippen LogP contribution in [0, 0.1) is 24.0 Å². The topological polar surface area (TPSA) is 84.9 Å². The molecule has 24 heavy (non-hydrogen) atoms. The van der Waals surface area contributed by atoms with Gasteiger partial charge in [0.1, 0.15) is 0 Å². The summed E-state index contributed by atoms with van der Waals surface area (Å²) >= 11 is 0. The molecule has 0 bridgehead atoms. The van der Waals surface area contributed by atoms with Crippen molar-refractivity contribution in [2.24, 2.45) is 5.73 Å². The highest BCUT2D eigenvalue weighted by atomic mass is 35.5. The summed E-state index contributed by atoms with van der Waals surface area (Å²) in [7, 11) is 0. The third-order valence-corrected chi connectivity index (χ3v) is 4.01. The molecule has 1 heterocycles. The first-order valence-corrected chi connectivity index (χ1v) is 7.57. The van der Waals surface area contributed by atoms with Gasteiger partial charge in [-0.1, -0.05) is 17.2 Å². The lowest BCUT2D eigenvalue weighted by atomic mass is 9.99. The highest BCUT2D eigenvalue weighted by Crippen LogP contribution is 2.33. The minimum atomic E-state index is -0.366. The predicted octanol–water partition coefficient (Wildman–Crippen LogP) is 4.28. The largest absolute Gasteiger partial charge is 0.354 e. The number of aromatic nitrogens is 1. The second-order valence-electron chi connectivity index (χ2n) is 5.88. The molecule has 0 atom stereocenters. The van der Waals surface area contributed by atoms with Crippen molar-refractivity contribution in [2.75, 3.05) is 6.54 Å². The summed E-state index contributed by atoms with van der Waals surface area (Å²) in [5.74, 6) is 0. The van der Waals surface area contributed by atoms with Crippen LogP contribution in [-0.4, -0.2) is 16.5 Å². The molecule has 1 aromatic heterocycles. The van der Waals surface area contributed by atoms with E-state index in [1.807, 2.05) is 0 Å². The van der Waals surface area contributed by atoms with Crippen molar-refractivity contribution >= 4 is 29.0 Å². The maximum atomic E-state index is 11.1. The number of hydrogen-bond donors (Lipinski definition) is 2. The molecule has 0 saturated heterocycles. The lowest BCUT2D eigenvalue weighted by Gasteiger charge is -2.07. The number of benzene rings is 2. The fourth-order valence-corrected chi connectivity index (χ4v) is 3.12. The summed E-state index contributed by atoms with van der Waals surface area (Å²) in [6, 6.07) is 11.3. The smallest absolute Gasteiger partial charge is 0.270 e. The van der Waals surface area contributed by atoms with Crippen LogP contribution >= 0.6 is 12.4 Å². The number of H-pyrrole nitrogens is 1. The van der Waals surface area contributed by atoms with Crippen LogP contribution in [0.3, 0.4) is 0 Å². The van der Waals surface area contributed by atoms with Gasteiger partial charge in [0.05, 0.1) is 4.92 Å². The molecule has 5 nitrogen and oxygen atoms in total. The summed E-state index contributed by atoms with van der Waals surface area (Å²) in [5.41, 5.74) is 12.3. The molecule has 3 N–H and O–H groups in total. The van der Waals surface area contributed by atoms with Gasteiger partial charge in [-0.15, -0.1) is 12.4 Å². The number of aromatic amines is 1. The number of nitrogens with two attached hydrogens (primary N) is 1. The van der Waals surface area contributed by atoms with Gasteiger partial charge >= 0.3 is 0 Å². The van der Waals surface area contributed by atoms with E-state index in [9.17, 15) is 10.1 Å². The second kappa shape index (κ2) is 7.03. The summed E-state index contributed by atoms with van der Waals surface area (Å²) in [5, 5.41) is 11.9. The molecule has 0 unspecified atom stereocenters. The monoisotopic (exact) mass is 345 g/mol. The van der Waals surface area contributed by atoms with Crippen molar-refractivity contribution in [3.63, 3.8) is 0 Å². The first-order valence-electron chi connectivity index (χ1n) is 7.57. The van der Waals surface area contributed by atoms with Gasteiger partial charge in [0, 0.05) is 28.7 Å². The van der Waals surface area contributed by atoms with Gasteiger partial charge in [-0.2, -0.15) is 0 Å². The van der Waals surface area contributed by atoms with Crippen LogP contribution < -0.4 is 5.73 Å². The van der Waals surface area contributed by atoms with Gasteiger partial charge < -0.3 is 10.7 Å². The average molecular weight is 346 g/mol. The van der Waals surface area contributed by atoms with Gasteiger partial charge in [-0.25, -0.2) is 0 Å². The Morgan fingerprint density at radius 2 is 1.79 bits per heavy atom. The molecule has 0 fully saturated rings. The van der Waals surface area contributed by atoms with Crippen LogP contribution in [0.2, 0.25) is 0 Å². The minimum Gasteiger partial charge on any atom is -0.354 e. The number of fused-ring (bicyclic) bond motifs is 1. The third-order valence-electron chi connectivity index (χ3n) is 4.01. The first-order chi connectivity index (χ1) is 11.0. The van der Waals surface area contributed by atoms with Crippen molar-refractivity contribution in [1.29, 1.82) is 0 Å². The van der Waals surface area contributed by atoms with E-state index in [1.165, 1.54) is 17.2 Å². The number of halogens is 1. The maximum absolute atomic E-state index is 11.1. The van der Waals surface area contributed by atoms with Gasteiger partial charge in [0.25, 0.3) is 5.69 Å². The number of nitro benzene ring substituents is 1. The maximum Gasteiger partial charge on any atom is 0.270 e. The van der Waals surface area contributed by atoms with E-state index in [1.54, 1.807) is 12.1 Å². The lowest BCUT2D eigenvalue weighted by Crippen LogP contribution is -2.03. The standard InChI is InChI=1S/C18H19N3O2.ClH/c1-11-7-12(2)9-13(8-11)18-15(5-6-19)16-10-14(21(22)23)3-4-17(16)20-18;/h3-4,7-10,20H,5-6,19H2,1-2H3;1H. The van der Waals surface area contributed by atoms with Crippen molar-refractivity contribution < 1.29 is 4.92 Å². The van der Waals surface area contributed by atoms with Crippen LogP contribution in [0.15, 0.2) is 36.4 Å². The minimum absolute atomic E-state index is 0. The van der Waals surface area contributed by atoms with Crippen molar-refractivity contribution in [1.82, 2.24) is 4.98 Å². The van der Waals surface area contributed by atoms with Crippen LogP contribution in [0.5, 0.6) is 0 Å². The van der Waals surface area contributed by atoms with E-state index >= 15 is 0 Å². The molecule has 3 aromatic rings. The van der Waals surface area contributed by atoms with Gasteiger partial charge in [-0.3, -0.25) is 10.1 Å². The highest BCUT2D eigenvalue weighted by molar-refractivity contribution is 5.92. The zero-order valence-electron chi connectivity index (χ0n) is 13.6. The second-order valence-corrected chi connectivity index (χ2v) is 5.88. The Balaban J connectivity index is 0.00000208. The van der Waals surface area contributed by atoms with Crippen molar-refractivity contribution in [3.05, 3.63) is 63.2 Å². The molecular formula is C18H20ClN3O2. The number of non-ortho nitro benzene ring substituents is 1. The summed E-state index contributed by atoms with van der Waals surface area (Å²) < 4.78 is 0. The van der Waals surface area contributed by atoms with E-state index < -0.39 is 0 Å². The Bertz CT molecular complexity index is 882. The van der Waals surface area contributed by atoms with Crippen molar-refractivity contribution in [2.45, 2.75) is 20.3 Å². The highest BCUT2D eigenvalue weighted by Gasteiger charge is 2.16. The normalized spacial score (nSPS) is 10.6. The number of nitrogens with zero attached hydrogens (tertiary/aromatic N) is 1. The molecule has 0 spiro atoms. The number of nitro groups is 1. The molecule has 6 heteroatoms. The molecule has 0 radical (unpaired) electrons. The van der Waals surface area contributed by atoms with E-state index in [0.717, 1.165) is 27.7 Å². The van der Waals surface area contributed by atoms with E-state index in [-0.39, 0.29) is 23.0 Å². The Hall–Kier alpha value is -2.37. The molecule has 0 aliphatic heterocycles. The van der Waals surface area contributed by atoms with E-state index in [0.29, 0.717) is 13.0 Å². The molecule has 3 rings (SSSR count). The van der Waals surface area contributed by atoms with E-state index in [4.69, 9.17) is 5.73 Å². The van der Waals surface area contributed by atoms with Crippen LogP contribution in [-0.2, 0) is 6.42 Å². The molecule has 0 amide bonds. The molecule has 0 saturated carbocycles. The molecule has 2 aromatic carbocycles. The number of hydrogen-bond acceptors (Lipinski definition) is 3. The number of nitrogens with one attached hydrogen (secondary N) is 1. The van der Waals surface area contributed by atoms with Gasteiger partial charge in [0.2, 0.25) is 0 Å². The molecule has 0 aliphatic rings. The summed E-state index contributed by atoms with van der Waals surface area (Å²) in [6.07, 6.45) is 0.670.